The average Bonchev–Trinajstić information content (AvgIpc) is 3.49. The van der Waals surface area contributed by atoms with Crippen LogP contribution in [0.5, 0.6) is 0 Å². The van der Waals surface area contributed by atoms with Crippen molar-refractivity contribution in [3.8, 4) is 0 Å². The van der Waals surface area contributed by atoms with E-state index in [4.69, 9.17) is 10.5 Å². The third-order valence-corrected chi connectivity index (χ3v) is 7.36. The number of primary amides is 1. The quantitative estimate of drug-likeness (QED) is 0.667. The molecule has 0 unspecified atom stereocenters. The largest absolute Gasteiger partial charge is 0.379 e. The van der Waals surface area contributed by atoms with Gasteiger partial charge >= 0.3 is 0 Å². The molecular formula is C25H32N4O3. The minimum absolute atomic E-state index is 0.0525. The lowest BCUT2D eigenvalue weighted by atomic mass is 10.0. The minimum Gasteiger partial charge on any atom is -0.379 e. The fraction of sp³-hybridized carbons (Fsp3) is 0.520. The van der Waals surface area contributed by atoms with Crippen molar-refractivity contribution in [1.29, 1.82) is 0 Å². The zero-order valence-electron chi connectivity index (χ0n) is 19.1. The van der Waals surface area contributed by atoms with Crippen LogP contribution in [0.2, 0.25) is 0 Å². The zero-order valence-corrected chi connectivity index (χ0v) is 19.1. The van der Waals surface area contributed by atoms with Gasteiger partial charge in [-0.3, -0.25) is 18.9 Å². The molecule has 0 aliphatic carbocycles. The molecule has 0 radical (unpaired) electrons. The van der Waals surface area contributed by atoms with E-state index >= 15 is 0 Å². The monoisotopic (exact) mass is 436 g/mol. The lowest BCUT2D eigenvalue weighted by Gasteiger charge is -2.30. The predicted molar refractivity (Wildman–Crippen MR) is 125 cm³/mol. The number of likely N-dealkylation sites (tertiary alicyclic amines) is 1. The fourth-order valence-electron chi connectivity index (χ4n) is 5.91. The van der Waals surface area contributed by atoms with Crippen LogP contribution in [-0.4, -0.2) is 51.6 Å². The summed E-state index contributed by atoms with van der Waals surface area (Å²) >= 11 is 0. The van der Waals surface area contributed by atoms with E-state index in [1.165, 1.54) is 0 Å². The molecule has 2 atom stereocenters. The summed E-state index contributed by atoms with van der Waals surface area (Å²) in [4.78, 5) is 29.5. The zero-order chi connectivity index (χ0) is 22.6. The number of ether oxygens (including phenoxy) is 1. The molecule has 0 bridgehead atoms. The number of para-hydroxylation sites is 1. The van der Waals surface area contributed by atoms with Crippen LogP contribution in [0.3, 0.4) is 0 Å². The second kappa shape index (κ2) is 8.05. The topological polar surface area (TPSA) is 82.0 Å². The Morgan fingerprint density at radius 1 is 1.25 bits per heavy atom. The highest BCUT2D eigenvalue weighted by Crippen LogP contribution is 2.31. The van der Waals surface area contributed by atoms with Crippen LogP contribution in [0.15, 0.2) is 29.1 Å². The highest BCUT2D eigenvalue weighted by Gasteiger charge is 2.33. The van der Waals surface area contributed by atoms with Crippen molar-refractivity contribution in [1.82, 2.24) is 13.9 Å². The highest BCUT2D eigenvalue weighted by molar-refractivity contribution is 5.99. The Balaban J connectivity index is 1.85. The first-order valence-corrected chi connectivity index (χ1v) is 11.7. The van der Waals surface area contributed by atoms with Gasteiger partial charge in [0.05, 0.1) is 23.9 Å². The summed E-state index contributed by atoms with van der Waals surface area (Å²) in [5.41, 5.74) is 9.47. The maximum atomic E-state index is 14.0. The fourth-order valence-corrected chi connectivity index (χ4v) is 5.91. The van der Waals surface area contributed by atoms with E-state index in [0.717, 1.165) is 48.0 Å². The average molecular weight is 437 g/mol. The van der Waals surface area contributed by atoms with Gasteiger partial charge in [-0.15, -0.1) is 0 Å². The summed E-state index contributed by atoms with van der Waals surface area (Å²) < 4.78 is 9.34. The first-order valence-electron chi connectivity index (χ1n) is 11.7. The number of rotatable bonds is 5. The van der Waals surface area contributed by atoms with Gasteiger partial charge in [0.2, 0.25) is 0 Å². The van der Waals surface area contributed by atoms with Gasteiger partial charge < -0.3 is 15.0 Å². The SMILES string of the molecule is Cc1c2ccccc2n2c(C(N)=O)c(C[C@H]3CCCN3C(C)C)n([C@H]3CCOC3)c(=O)c12. The maximum absolute atomic E-state index is 14.0. The summed E-state index contributed by atoms with van der Waals surface area (Å²) in [5.74, 6) is -0.493. The lowest BCUT2D eigenvalue weighted by molar-refractivity contribution is 0.0991. The van der Waals surface area contributed by atoms with Crippen LogP contribution in [0, 0.1) is 6.92 Å². The molecule has 0 spiro atoms. The molecule has 2 aromatic heterocycles. The van der Waals surface area contributed by atoms with Gasteiger partial charge in [0, 0.05) is 30.5 Å². The lowest BCUT2D eigenvalue weighted by Crippen LogP contribution is -2.41. The number of hydrogen-bond acceptors (Lipinski definition) is 4. The standard InChI is InChI=1S/C25H32N4O3/c1-15(2)27-11-6-7-17(27)13-21-23(24(26)30)29-20-9-5-4-8-19(20)16(3)22(29)25(31)28(21)18-10-12-32-14-18/h4-5,8-9,15,17-18H,6-7,10-14H2,1-3H3,(H2,26,30)/t17-,18+/m1/s1. The highest BCUT2D eigenvalue weighted by atomic mass is 16.5. The van der Waals surface area contributed by atoms with E-state index in [2.05, 4.69) is 18.7 Å². The molecular weight excluding hydrogens is 404 g/mol. The summed E-state index contributed by atoms with van der Waals surface area (Å²) in [6, 6.07) is 8.47. The van der Waals surface area contributed by atoms with Gasteiger partial charge in [-0.25, -0.2) is 0 Å². The van der Waals surface area contributed by atoms with Crippen molar-refractivity contribution >= 4 is 22.3 Å². The van der Waals surface area contributed by atoms with Gasteiger partial charge in [-0.1, -0.05) is 18.2 Å². The van der Waals surface area contributed by atoms with Gasteiger partial charge in [-0.2, -0.15) is 0 Å². The molecule has 2 N–H and O–H groups in total. The van der Waals surface area contributed by atoms with Crippen LogP contribution >= 0.6 is 0 Å². The molecule has 2 saturated heterocycles. The van der Waals surface area contributed by atoms with Crippen LogP contribution in [0.1, 0.15) is 60.9 Å². The molecule has 1 amide bonds. The third kappa shape index (κ3) is 3.18. The summed E-state index contributed by atoms with van der Waals surface area (Å²) in [6.07, 6.45) is 3.57. The van der Waals surface area contributed by atoms with Gasteiger partial charge in [0.15, 0.2) is 0 Å². The second-order valence-electron chi connectivity index (χ2n) is 9.51. The summed E-state index contributed by atoms with van der Waals surface area (Å²) in [7, 11) is 0. The van der Waals surface area contributed by atoms with Crippen LogP contribution in [-0.2, 0) is 11.2 Å². The molecule has 1 aromatic carbocycles. The number of amides is 1. The third-order valence-electron chi connectivity index (χ3n) is 7.36. The van der Waals surface area contributed by atoms with Crippen molar-refractivity contribution in [3.05, 3.63) is 51.6 Å². The Hall–Kier alpha value is -2.64. The summed E-state index contributed by atoms with van der Waals surface area (Å²) in [5, 5.41) is 0.975. The predicted octanol–water partition coefficient (Wildman–Crippen LogP) is 3.04. The molecule has 4 heterocycles. The Kier molecular flexibility index (Phi) is 5.34. The Morgan fingerprint density at radius 3 is 2.72 bits per heavy atom. The molecule has 3 aromatic rings. The molecule has 0 saturated carbocycles. The number of carbonyl (C=O) groups is 1. The van der Waals surface area contributed by atoms with Crippen molar-refractivity contribution in [2.75, 3.05) is 19.8 Å². The van der Waals surface area contributed by atoms with Crippen molar-refractivity contribution in [2.45, 2.75) is 64.6 Å². The van der Waals surface area contributed by atoms with Crippen LogP contribution in [0.25, 0.3) is 16.4 Å². The van der Waals surface area contributed by atoms with Crippen LogP contribution in [0.4, 0.5) is 0 Å². The first-order chi connectivity index (χ1) is 15.4. The molecule has 2 fully saturated rings. The molecule has 2 aliphatic rings. The molecule has 32 heavy (non-hydrogen) atoms. The maximum Gasteiger partial charge on any atom is 0.275 e. The van der Waals surface area contributed by atoms with E-state index in [1.54, 1.807) is 0 Å². The number of fused-ring (bicyclic) bond motifs is 3. The Labute approximate surface area is 187 Å². The van der Waals surface area contributed by atoms with Gasteiger partial charge in [0.1, 0.15) is 11.2 Å². The normalized spacial score (nSPS) is 22.0. The first kappa shape index (κ1) is 21.2. The number of hydrogen-bond donors (Lipinski definition) is 1. The number of benzene rings is 1. The minimum atomic E-state index is -0.493. The molecule has 7 heteroatoms. The van der Waals surface area contributed by atoms with Crippen molar-refractivity contribution in [2.24, 2.45) is 5.73 Å². The van der Waals surface area contributed by atoms with Gasteiger partial charge in [0.25, 0.3) is 11.5 Å². The molecule has 170 valence electrons. The summed E-state index contributed by atoms with van der Waals surface area (Å²) in [6.45, 7) is 8.51. The Bertz CT molecular complexity index is 1250. The Morgan fingerprint density at radius 2 is 2.03 bits per heavy atom. The molecule has 5 rings (SSSR count). The van der Waals surface area contributed by atoms with E-state index in [0.29, 0.717) is 36.9 Å². The second-order valence-corrected chi connectivity index (χ2v) is 9.51. The molecule has 7 nitrogen and oxygen atoms in total. The number of aryl methyl sites for hydroxylation is 1. The van der Waals surface area contributed by atoms with E-state index in [9.17, 15) is 9.59 Å². The number of nitrogens with two attached hydrogens (primary N) is 1. The van der Waals surface area contributed by atoms with E-state index in [-0.39, 0.29) is 17.6 Å². The van der Waals surface area contributed by atoms with Gasteiger partial charge in [-0.05, 0) is 58.2 Å². The number of carbonyl (C=O) groups excluding carboxylic acids is 1. The van der Waals surface area contributed by atoms with E-state index < -0.39 is 5.91 Å². The number of nitrogens with zero attached hydrogens (tertiary/aromatic N) is 3. The van der Waals surface area contributed by atoms with Crippen LogP contribution < -0.4 is 11.3 Å². The van der Waals surface area contributed by atoms with E-state index in [1.807, 2.05) is 40.2 Å². The van der Waals surface area contributed by atoms with Crippen molar-refractivity contribution < 1.29 is 9.53 Å². The molecule has 2 aliphatic heterocycles. The van der Waals surface area contributed by atoms with Crippen molar-refractivity contribution in [3.63, 3.8) is 0 Å². The smallest absolute Gasteiger partial charge is 0.275 e. The number of aromatic nitrogens is 2.